The SMILES string of the molecule is CS(=O)(=O)NCCCNC(=O)c1cncc(N)n1. The number of hydrogen-bond donors (Lipinski definition) is 3. The van der Waals surface area contributed by atoms with Gasteiger partial charge in [0.2, 0.25) is 10.0 Å². The van der Waals surface area contributed by atoms with Gasteiger partial charge in [0.15, 0.2) is 0 Å². The van der Waals surface area contributed by atoms with Crippen LogP contribution in [0, 0.1) is 0 Å². The second kappa shape index (κ2) is 6.26. The fraction of sp³-hybridized carbons (Fsp3) is 0.444. The lowest BCUT2D eigenvalue weighted by Crippen LogP contribution is -2.29. The van der Waals surface area contributed by atoms with Crippen LogP contribution < -0.4 is 15.8 Å². The highest BCUT2D eigenvalue weighted by molar-refractivity contribution is 7.88. The lowest BCUT2D eigenvalue weighted by molar-refractivity contribution is 0.0948. The Kier molecular flexibility index (Phi) is 4.98. The highest BCUT2D eigenvalue weighted by atomic mass is 32.2. The smallest absolute Gasteiger partial charge is 0.271 e. The summed E-state index contributed by atoms with van der Waals surface area (Å²) < 4.78 is 23.8. The van der Waals surface area contributed by atoms with Gasteiger partial charge in [-0.2, -0.15) is 0 Å². The number of aromatic nitrogens is 2. The first kappa shape index (κ1) is 14.3. The summed E-state index contributed by atoms with van der Waals surface area (Å²) in [6, 6.07) is 0. The maximum Gasteiger partial charge on any atom is 0.271 e. The summed E-state index contributed by atoms with van der Waals surface area (Å²) in [6.45, 7) is 0.597. The number of amides is 1. The first-order valence-electron chi connectivity index (χ1n) is 5.19. The molecule has 0 aliphatic rings. The van der Waals surface area contributed by atoms with Crippen molar-refractivity contribution in [2.45, 2.75) is 6.42 Å². The van der Waals surface area contributed by atoms with Crippen molar-refractivity contribution in [2.24, 2.45) is 0 Å². The molecule has 0 saturated carbocycles. The summed E-state index contributed by atoms with van der Waals surface area (Å²) >= 11 is 0. The molecule has 100 valence electrons. The minimum absolute atomic E-state index is 0.131. The molecule has 1 aromatic rings. The predicted molar refractivity (Wildman–Crippen MR) is 66.2 cm³/mol. The molecule has 1 amide bonds. The summed E-state index contributed by atoms with van der Waals surface area (Å²) in [7, 11) is -3.18. The van der Waals surface area contributed by atoms with E-state index in [9.17, 15) is 13.2 Å². The molecule has 1 heterocycles. The van der Waals surface area contributed by atoms with Gasteiger partial charge < -0.3 is 11.1 Å². The van der Waals surface area contributed by atoms with Gasteiger partial charge in [-0.1, -0.05) is 0 Å². The normalized spacial score (nSPS) is 11.2. The van der Waals surface area contributed by atoms with Gasteiger partial charge in [-0.3, -0.25) is 9.78 Å². The molecule has 0 fully saturated rings. The molecule has 4 N–H and O–H groups in total. The highest BCUT2D eigenvalue weighted by Crippen LogP contribution is 1.96. The number of nitrogens with two attached hydrogens (primary N) is 1. The summed E-state index contributed by atoms with van der Waals surface area (Å²) in [5.74, 6) is -0.226. The molecule has 0 aromatic carbocycles. The van der Waals surface area contributed by atoms with E-state index in [-0.39, 0.29) is 18.1 Å². The maximum atomic E-state index is 11.5. The van der Waals surface area contributed by atoms with Crippen molar-refractivity contribution >= 4 is 21.7 Å². The van der Waals surface area contributed by atoms with E-state index >= 15 is 0 Å². The quantitative estimate of drug-likeness (QED) is 0.554. The highest BCUT2D eigenvalue weighted by Gasteiger charge is 2.07. The second-order valence-electron chi connectivity index (χ2n) is 3.61. The summed E-state index contributed by atoms with van der Waals surface area (Å²) in [4.78, 5) is 19.1. The van der Waals surface area contributed by atoms with Crippen molar-refractivity contribution in [3.63, 3.8) is 0 Å². The van der Waals surface area contributed by atoms with Gasteiger partial charge in [0.25, 0.3) is 5.91 Å². The van der Waals surface area contributed by atoms with Gasteiger partial charge in [-0.25, -0.2) is 18.1 Å². The largest absolute Gasteiger partial charge is 0.382 e. The Labute approximate surface area is 105 Å². The van der Waals surface area contributed by atoms with Gasteiger partial charge in [0.1, 0.15) is 11.5 Å². The van der Waals surface area contributed by atoms with Gasteiger partial charge in [-0.15, -0.1) is 0 Å². The average Bonchev–Trinajstić information content (AvgIpc) is 2.26. The number of nitrogens with one attached hydrogen (secondary N) is 2. The lowest BCUT2D eigenvalue weighted by Gasteiger charge is -2.05. The molecule has 0 saturated heterocycles. The van der Waals surface area contributed by atoms with Crippen LogP contribution in [0.1, 0.15) is 16.9 Å². The molecule has 0 unspecified atom stereocenters. The van der Waals surface area contributed by atoms with E-state index in [1.54, 1.807) is 0 Å². The van der Waals surface area contributed by atoms with Gasteiger partial charge in [-0.05, 0) is 6.42 Å². The van der Waals surface area contributed by atoms with Crippen molar-refractivity contribution in [1.29, 1.82) is 0 Å². The zero-order valence-corrected chi connectivity index (χ0v) is 10.7. The second-order valence-corrected chi connectivity index (χ2v) is 5.44. The van der Waals surface area contributed by atoms with E-state index in [1.807, 2.05) is 0 Å². The van der Waals surface area contributed by atoms with Crippen molar-refractivity contribution in [3.05, 3.63) is 18.1 Å². The fourth-order valence-corrected chi connectivity index (χ4v) is 1.64. The van der Waals surface area contributed by atoms with Crippen LogP contribution in [0.3, 0.4) is 0 Å². The van der Waals surface area contributed by atoms with E-state index in [4.69, 9.17) is 5.73 Å². The zero-order chi connectivity index (χ0) is 13.6. The number of nitrogen functional groups attached to an aromatic ring is 1. The van der Waals surface area contributed by atoms with Gasteiger partial charge in [0.05, 0.1) is 18.6 Å². The Balaban J connectivity index is 2.30. The fourth-order valence-electron chi connectivity index (χ4n) is 1.13. The summed E-state index contributed by atoms with van der Waals surface area (Å²) in [6.07, 6.45) is 4.20. The minimum Gasteiger partial charge on any atom is -0.382 e. The van der Waals surface area contributed by atoms with Crippen molar-refractivity contribution in [1.82, 2.24) is 20.0 Å². The first-order valence-corrected chi connectivity index (χ1v) is 7.08. The van der Waals surface area contributed by atoms with Gasteiger partial charge >= 0.3 is 0 Å². The molecule has 0 bridgehead atoms. The monoisotopic (exact) mass is 273 g/mol. The molecular weight excluding hydrogens is 258 g/mol. The van der Waals surface area contributed by atoms with Crippen LogP contribution in [0.25, 0.3) is 0 Å². The topological polar surface area (TPSA) is 127 Å². The molecule has 8 nitrogen and oxygen atoms in total. The number of nitrogens with zero attached hydrogens (tertiary/aromatic N) is 2. The molecule has 0 aliphatic heterocycles. The Morgan fingerprint density at radius 1 is 1.39 bits per heavy atom. The Morgan fingerprint density at radius 3 is 2.72 bits per heavy atom. The average molecular weight is 273 g/mol. The number of hydrogen-bond acceptors (Lipinski definition) is 6. The molecule has 1 rings (SSSR count). The standard InChI is InChI=1S/C9H15N5O3S/c1-18(16,17)13-4-2-3-12-9(15)7-5-11-6-8(10)14-7/h5-6,13H,2-4H2,1H3,(H2,10,14)(H,12,15). The Hall–Kier alpha value is -1.74. The van der Waals surface area contributed by atoms with E-state index in [0.29, 0.717) is 13.0 Å². The van der Waals surface area contributed by atoms with Crippen LogP contribution in [0.5, 0.6) is 0 Å². The van der Waals surface area contributed by atoms with Gasteiger partial charge in [0, 0.05) is 13.1 Å². The first-order chi connectivity index (χ1) is 8.38. The van der Waals surface area contributed by atoms with Crippen molar-refractivity contribution in [2.75, 3.05) is 25.1 Å². The number of anilines is 1. The summed E-state index contributed by atoms with van der Waals surface area (Å²) in [5, 5.41) is 2.58. The van der Waals surface area contributed by atoms with Crippen molar-refractivity contribution in [3.8, 4) is 0 Å². The molecule has 0 spiro atoms. The number of carbonyl (C=O) groups is 1. The molecule has 18 heavy (non-hydrogen) atoms. The number of rotatable bonds is 6. The van der Waals surface area contributed by atoms with Crippen LogP contribution in [-0.4, -0.2) is 43.6 Å². The van der Waals surface area contributed by atoms with Crippen LogP contribution in [0.2, 0.25) is 0 Å². The molecular formula is C9H15N5O3S. The zero-order valence-electron chi connectivity index (χ0n) is 9.88. The molecule has 1 aromatic heterocycles. The molecule has 0 atom stereocenters. The Morgan fingerprint density at radius 2 is 2.11 bits per heavy atom. The Bertz CT molecular complexity index is 517. The van der Waals surface area contributed by atoms with Crippen molar-refractivity contribution < 1.29 is 13.2 Å². The third-order valence-electron chi connectivity index (χ3n) is 1.89. The molecule has 0 aliphatic carbocycles. The summed E-state index contributed by atoms with van der Waals surface area (Å²) in [5.41, 5.74) is 5.52. The molecule has 0 radical (unpaired) electrons. The van der Waals surface area contributed by atoms with Crippen LogP contribution in [0.4, 0.5) is 5.82 Å². The maximum absolute atomic E-state index is 11.5. The minimum atomic E-state index is -3.18. The number of carbonyl (C=O) groups excluding carboxylic acids is 1. The molecule has 9 heteroatoms. The van der Waals surface area contributed by atoms with E-state index in [0.717, 1.165) is 6.26 Å². The van der Waals surface area contributed by atoms with Crippen LogP contribution in [-0.2, 0) is 10.0 Å². The third kappa shape index (κ3) is 5.55. The predicted octanol–water partition coefficient (Wildman–Crippen LogP) is -1.27. The number of sulfonamides is 1. The van der Waals surface area contributed by atoms with E-state index in [1.165, 1.54) is 12.4 Å². The van der Waals surface area contributed by atoms with E-state index in [2.05, 4.69) is 20.0 Å². The third-order valence-corrected chi connectivity index (χ3v) is 2.62. The lowest BCUT2D eigenvalue weighted by atomic mass is 10.4. The van der Waals surface area contributed by atoms with Crippen LogP contribution >= 0.6 is 0 Å². The van der Waals surface area contributed by atoms with E-state index < -0.39 is 15.9 Å². The van der Waals surface area contributed by atoms with Crippen LogP contribution in [0.15, 0.2) is 12.4 Å².